The topological polar surface area (TPSA) is 99.7 Å². The van der Waals surface area contributed by atoms with Crippen LogP contribution in [0.15, 0.2) is 29.4 Å². The summed E-state index contributed by atoms with van der Waals surface area (Å²) in [4.78, 5) is 33.6. The fourth-order valence-electron chi connectivity index (χ4n) is 2.14. The van der Waals surface area contributed by atoms with E-state index in [4.69, 9.17) is 0 Å². The highest BCUT2D eigenvalue weighted by Crippen LogP contribution is 2.18. The highest BCUT2D eigenvalue weighted by molar-refractivity contribution is 6.06. The third kappa shape index (κ3) is 4.15. The van der Waals surface area contributed by atoms with Gasteiger partial charge in [-0.3, -0.25) is 14.4 Å². The van der Waals surface area contributed by atoms with Gasteiger partial charge in [-0.1, -0.05) is 19.1 Å². The van der Waals surface area contributed by atoms with Gasteiger partial charge in [0.25, 0.3) is 0 Å². The maximum absolute atomic E-state index is 11.6. The summed E-state index contributed by atoms with van der Waals surface area (Å²) in [6, 6.07) is 7.18. The van der Waals surface area contributed by atoms with Crippen molar-refractivity contribution >= 4 is 29.1 Å². The van der Waals surface area contributed by atoms with E-state index in [-0.39, 0.29) is 30.2 Å². The average Bonchev–Trinajstić information content (AvgIpc) is 2.46. The predicted molar refractivity (Wildman–Crippen MR) is 82.2 cm³/mol. The Hall–Kier alpha value is -2.70. The van der Waals surface area contributed by atoms with Crippen LogP contribution in [0.5, 0.6) is 0 Å². The number of carbonyl (C=O) groups excluding carboxylic acids is 3. The van der Waals surface area contributed by atoms with Crippen LogP contribution in [-0.4, -0.2) is 30.0 Å². The van der Waals surface area contributed by atoms with Crippen molar-refractivity contribution in [1.82, 2.24) is 10.7 Å². The fraction of sp³-hybridized carbons (Fsp3) is 0.333. The van der Waals surface area contributed by atoms with Gasteiger partial charge in [0, 0.05) is 24.9 Å². The van der Waals surface area contributed by atoms with Crippen LogP contribution in [0.3, 0.4) is 0 Å². The Morgan fingerprint density at radius 2 is 2.00 bits per heavy atom. The second kappa shape index (κ2) is 6.84. The molecule has 1 aliphatic heterocycles. The van der Waals surface area contributed by atoms with Gasteiger partial charge in [0.1, 0.15) is 0 Å². The number of rotatable bonds is 4. The Labute approximate surface area is 128 Å². The summed E-state index contributed by atoms with van der Waals surface area (Å²) in [7, 11) is 0. The number of hydrogen-bond donors (Lipinski definition) is 3. The van der Waals surface area contributed by atoms with Crippen LogP contribution in [0.1, 0.15) is 25.8 Å². The monoisotopic (exact) mass is 302 g/mol. The van der Waals surface area contributed by atoms with Crippen LogP contribution < -0.4 is 16.1 Å². The molecule has 116 valence electrons. The molecule has 0 bridgehead atoms. The second-order valence-corrected chi connectivity index (χ2v) is 5.17. The van der Waals surface area contributed by atoms with Gasteiger partial charge in [0.2, 0.25) is 17.7 Å². The summed E-state index contributed by atoms with van der Waals surface area (Å²) >= 11 is 0. The number of nitrogens with zero attached hydrogens (tertiary/aromatic N) is 1. The van der Waals surface area contributed by atoms with Gasteiger partial charge in [-0.05, 0) is 17.7 Å². The molecule has 0 aromatic heterocycles. The zero-order valence-electron chi connectivity index (χ0n) is 12.5. The van der Waals surface area contributed by atoms with Gasteiger partial charge in [-0.25, -0.2) is 5.43 Å². The first-order valence-electron chi connectivity index (χ1n) is 6.97. The van der Waals surface area contributed by atoms with Crippen LogP contribution in [0.2, 0.25) is 0 Å². The molecule has 3 N–H and O–H groups in total. The lowest BCUT2D eigenvalue weighted by Gasteiger charge is -2.19. The average molecular weight is 302 g/mol. The van der Waals surface area contributed by atoms with Gasteiger partial charge < -0.3 is 10.6 Å². The minimum absolute atomic E-state index is 0.0500. The molecule has 7 heteroatoms. The maximum Gasteiger partial charge on any atom is 0.243 e. The van der Waals surface area contributed by atoms with Crippen molar-refractivity contribution in [3.8, 4) is 0 Å². The highest BCUT2D eigenvalue weighted by Gasteiger charge is 2.21. The number of carbonyl (C=O) groups is 3. The minimum atomic E-state index is -0.293. The summed E-state index contributed by atoms with van der Waals surface area (Å²) in [5, 5.41) is 9.19. The summed E-state index contributed by atoms with van der Waals surface area (Å²) in [6.07, 6.45) is 0.411. The molecular weight excluding hydrogens is 284 g/mol. The molecule has 0 saturated carbocycles. The first-order valence-corrected chi connectivity index (χ1v) is 6.97. The van der Waals surface area contributed by atoms with Crippen LogP contribution in [0.25, 0.3) is 0 Å². The molecular formula is C15H18N4O3. The van der Waals surface area contributed by atoms with Gasteiger partial charge in [0.15, 0.2) is 0 Å². The molecule has 0 spiro atoms. The molecule has 7 nitrogen and oxygen atoms in total. The van der Waals surface area contributed by atoms with E-state index in [1.54, 1.807) is 12.1 Å². The zero-order chi connectivity index (χ0) is 16.1. The molecule has 2 rings (SSSR count). The van der Waals surface area contributed by atoms with E-state index in [1.807, 2.05) is 19.1 Å². The largest absolute Gasteiger partial charge is 0.347 e. The lowest BCUT2D eigenvalue weighted by Crippen LogP contribution is -2.32. The zero-order valence-corrected chi connectivity index (χ0v) is 12.5. The third-order valence-electron chi connectivity index (χ3n) is 3.22. The minimum Gasteiger partial charge on any atom is -0.347 e. The maximum atomic E-state index is 11.6. The summed E-state index contributed by atoms with van der Waals surface area (Å²) in [5.41, 5.74) is 4.82. The van der Waals surface area contributed by atoms with Crippen molar-refractivity contribution in [3.05, 3.63) is 29.8 Å². The molecule has 22 heavy (non-hydrogen) atoms. The first-order chi connectivity index (χ1) is 10.5. The molecule has 0 aliphatic carbocycles. The van der Waals surface area contributed by atoms with Crippen LogP contribution >= 0.6 is 0 Å². The van der Waals surface area contributed by atoms with E-state index < -0.39 is 0 Å². The number of anilines is 1. The van der Waals surface area contributed by atoms with Crippen LogP contribution in [-0.2, 0) is 14.4 Å². The van der Waals surface area contributed by atoms with Gasteiger partial charge in [-0.2, -0.15) is 5.10 Å². The van der Waals surface area contributed by atoms with Gasteiger partial charge in [-0.15, -0.1) is 0 Å². The van der Waals surface area contributed by atoms with Crippen molar-refractivity contribution in [3.63, 3.8) is 0 Å². The van der Waals surface area contributed by atoms with Crippen molar-refractivity contribution in [2.75, 3.05) is 11.9 Å². The van der Waals surface area contributed by atoms with E-state index in [0.29, 0.717) is 12.1 Å². The molecule has 3 amide bonds. The number of nitrogens with one attached hydrogen (secondary N) is 3. The van der Waals surface area contributed by atoms with E-state index >= 15 is 0 Å². The van der Waals surface area contributed by atoms with E-state index in [9.17, 15) is 14.4 Å². The standard InChI is InChI=1S/C15H18N4O3/c1-9-7-13(21)18-19-15(9)11-3-5-12(6-4-11)17-14(22)8-16-10(2)20/h3-6,9H,7-8H2,1-2H3,(H,16,20)(H,17,22)(H,18,21). The normalized spacial score (nSPS) is 17.3. The smallest absolute Gasteiger partial charge is 0.243 e. The molecule has 1 aromatic carbocycles. The van der Waals surface area contributed by atoms with Gasteiger partial charge >= 0.3 is 0 Å². The van der Waals surface area contributed by atoms with Crippen molar-refractivity contribution in [2.45, 2.75) is 20.3 Å². The molecule has 1 aromatic rings. The van der Waals surface area contributed by atoms with Gasteiger partial charge in [0.05, 0.1) is 12.3 Å². The van der Waals surface area contributed by atoms with Crippen molar-refractivity contribution in [2.24, 2.45) is 11.0 Å². The fourth-order valence-corrected chi connectivity index (χ4v) is 2.14. The van der Waals surface area contributed by atoms with Crippen LogP contribution in [0, 0.1) is 5.92 Å². The lowest BCUT2D eigenvalue weighted by atomic mass is 9.94. The molecule has 0 fully saturated rings. The molecule has 1 unspecified atom stereocenters. The summed E-state index contributed by atoms with van der Waals surface area (Å²) in [6.45, 7) is 3.24. The number of hydrogen-bond acceptors (Lipinski definition) is 4. The second-order valence-electron chi connectivity index (χ2n) is 5.17. The summed E-state index contributed by atoms with van der Waals surface area (Å²) < 4.78 is 0. The Balaban J connectivity index is 2.00. The Bertz CT molecular complexity index is 622. The Morgan fingerprint density at radius 3 is 2.59 bits per heavy atom. The SMILES string of the molecule is CC(=O)NCC(=O)Nc1ccc(C2=NNC(=O)CC2C)cc1. The molecule has 1 aliphatic rings. The first kappa shape index (κ1) is 15.7. The lowest BCUT2D eigenvalue weighted by molar-refractivity contribution is -0.122. The molecule has 1 atom stereocenters. The Kier molecular flexibility index (Phi) is 4.88. The Morgan fingerprint density at radius 1 is 1.32 bits per heavy atom. The highest BCUT2D eigenvalue weighted by atomic mass is 16.2. The number of hydrazone groups is 1. The van der Waals surface area contributed by atoms with E-state index in [2.05, 4.69) is 21.2 Å². The molecule has 0 radical (unpaired) electrons. The summed E-state index contributed by atoms with van der Waals surface area (Å²) in [5.74, 6) is -0.581. The van der Waals surface area contributed by atoms with E-state index in [0.717, 1.165) is 11.3 Å². The van der Waals surface area contributed by atoms with Crippen molar-refractivity contribution < 1.29 is 14.4 Å². The van der Waals surface area contributed by atoms with Crippen LogP contribution in [0.4, 0.5) is 5.69 Å². The number of amides is 3. The van der Waals surface area contributed by atoms with E-state index in [1.165, 1.54) is 6.92 Å². The molecule has 0 saturated heterocycles. The third-order valence-corrected chi connectivity index (χ3v) is 3.22. The molecule has 1 heterocycles. The quantitative estimate of drug-likeness (QED) is 0.760. The predicted octanol–water partition coefficient (Wildman–Crippen LogP) is 0.621. The van der Waals surface area contributed by atoms with Crippen molar-refractivity contribution in [1.29, 1.82) is 0 Å². The number of benzene rings is 1.